The van der Waals surface area contributed by atoms with Crippen molar-refractivity contribution in [1.29, 1.82) is 0 Å². The van der Waals surface area contributed by atoms with Gasteiger partial charge in [-0.1, -0.05) is 0 Å². The fraction of sp³-hybridized carbons (Fsp3) is 0.154. The van der Waals surface area contributed by atoms with Crippen molar-refractivity contribution in [3.05, 3.63) is 54.0 Å². The first-order valence-corrected chi connectivity index (χ1v) is 5.47. The van der Waals surface area contributed by atoms with Gasteiger partial charge in [0.15, 0.2) is 0 Å². The lowest BCUT2D eigenvalue weighted by molar-refractivity contribution is 0.0601. The molecule has 0 aliphatic heterocycles. The predicted molar refractivity (Wildman–Crippen MR) is 67.1 cm³/mol. The third-order valence-corrected chi connectivity index (χ3v) is 2.42. The van der Waals surface area contributed by atoms with Crippen LogP contribution in [0.5, 0.6) is 0 Å². The molecule has 0 amide bonds. The summed E-state index contributed by atoms with van der Waals surface area (Å²) in [4.78, 5) is 19.6. The standard InChI is InChI=1S/C13H13N3O2/c1-18-13(17)11-3-2-6-15-12(11)16-9-10-4-7-14-8-5-10/h2-8H,9H2,1H3,(H,15,16). The van der Waals surface area contributed by atoms with Gasteiger partial charge in [-0.3, -0.25) is 4.98 Å². The maximum atomic E-state index is 11.5. The maximum absolute atomic E-state index is 11.5. The van der Waals surface area contributed by atoms with Gasteiger partial charge in [0.25, 0.3) is 0 Å². The molecule has 0 atom stereocenters. The van der Waals surface area contributed by atoms with Crippen LogP contribution < -0.4 is 5.32 Å². The number of carbonyl (C=O) groups is 1. The number of aromatic nitrogens is 2. The zero-order valence-corrected chi connectivity index (χ0v) is 9.96. The third-order valence-electron chi connectivity index (χ3n) is 2.42. The van der Waals surface area contributed by atoms with Crippen LogP contribution in [0.25, 0.3) is 0 Å². The Morgan fingerprint density at radius 2 is 2.06 bits per heavy atom. The van der Waals surface area contributed by atoms with E-state index in [-0.39, 0.29) is 0 Å². The van der Waals surface area contributed by atoms with Gasteiger partial charge in [0.1, 0.15) is 11.4 Å². The predicted octanol–water partition coefficient (Wildman–Crippen LogP) is 1.88. The smallest absolute Gasteiger partial charge is 0.341 e. The molecule has 2 rings (SSSR count). The van der Waals surface area contributed by atoms with Crippen LogP contribution in [-0.2, 0) is 11.3 Å². The second-order valence-electron chi connectivity index (χ2n) is 3.60. The lowest BCUT2D eigenvalue weighted by Gasteiger charge is -2.09. The highest BCUT2D eigenvalue weighted by Gasteiger charge is 2.11. The van der Waals surface area contributed by atoms with E-state index in [0.717, 1.165) is 5.56 Å². The van der Waals surface area contributed by atoms with Crippen LogP contribution in [0.15, 0.2) is 42.9 Å². The van der Waals surface area contributed by atoms with Gasteiger partial charge in [-0.15, -0.1) is 0 Å². The second kappa shape index (κ2) is 5.77. The molecule has 0 fully saturated rings. The Balaban J connectivity index is 2.12. The molecule has 0 saturated heterocycles. The summed E-state index contributed by atoms with van der Waals surface area (Å²) in [6.07, 6.45) is 5.06. The van der Waals surface area contributed by atoms with E-state index >= 15 is 0 Å². The summed E-state index contributed by atoms with van der Waals surface area (Å²) in [7, 11) is 1.35. The van der Waals surface area contributed by atoms with Crippen LogP contribution in [0.3, 0.4) is 0 Å². The summed E-state index contributed by atoms with van der Waals surface area (Å²) in [5.74, 6) is 0.112. The Kier molecular flexibility index (Phi) is 3.86. The largest absolute Gasteiger partial charge is 0.465 e. The number of carbonyl (C=O) groups excluding carboxylic acids is 1. The number of nitrogens with one attached hydrogen (secondary N) is 1. The van der Waals surface area contributed by atoms with E-state index in [1.54, 1.807) is 30.7 Å². The van der Waals surface area contributed by atoms with Gasteiger partial charge in [0, 0.05) is 25.1 Å². The Hall–Kier alpha value is -2.43. The van der Waals surface area contributed by atoms with E-state index in [0.29, 0.717) is 17.9 Å². The number of hydrogen-bond acceptors (Lipinski definition) is 5. The topological polar surface area (TPSA) is 64.1 Å². The van der Waals surface area contributed by atoms with E-state index in [4.69, 9.17) is 4.74 Å². The summed E-state index contributed by atoms with van der Waals surface area (Å²) in [6, 6.07) is 7.17. The third kappa shape index (κ3) is 2.82. The molecule has 0 aliphatic carbocycles. The average molecular weight is 243 g/mol. The van der Waals surface area contributed by atoms with Crippen molar-refractivity contribution in [2.75, 3.05) is 12.4 Å². The van der Waals surface area contributed by atoms with Crippen LogP contribution in [0.2, 0.25) is 0 Å². The number of pyridine rings is 2. The van der Waals surface area contributed by atoms with Crippen molar-refractivity contribution >= 4 is 11.8 Å². The number of esters is 1. The summed E-state index contributed by atoms with van der Waals surface area (Å²) < 4.78 is 4.70. The highest BCUT2D eigenvalue weighted by atomic mass is 16.5. The Morgan fingerprint density at radius 3 is 2.78 bits per heavy atom. The zero-order chi connectivity index (χ0) is 12.8. The van der Waals surface area contributed by atoms with Crippen LogP contribution in [0.1, 0.15) is 15.9 Å². The molecule has 0 radical (unpaired) electrons. The molecule has 18 heavy (non-hydrogen) atoms. The molecule has 5 heteroatoms. The Bertz CT molecular complexity index is 529. The van der Waals surface area contributed by atoms with Crippen molar-refractivity contribution in [2.24, 2.45) is 0 Å². The minimum absolute atomic E-state index is 0.402. The fourth-order valence-corrected chi connectivity index (χ4v) is 1.51. The highest BCUT2D eigenvalue weighted by Crippen LogP contribution is 2.13. The molecular formula is C13H13N3O2. The minimum Gasteiger partial charge on any atom is -0.465 e. The van der Waals surface area contributed by atoms with Gasteiger partial charge in [0.2, 0.25) is 0 Å². The molecule has 92 valence electrons. The van der Waals surface area contributed by atoms with Crippen LogP contribution in [0.4, 0.5) is 5.82 Å². The number of anilines is 1. The normalized spacial score (nSPS) is 9.83. The fourth-order valence-electron chi connectivity index (χ4n) is 1.51. The first-order valence-electron chi connectivity index (χ1n) is 5.47. The van der Waals surface area contributed by atoms with Crippen LogP contribution >= 0.6 is 0 Å². The van der Waals surface area contributed by atoms with E-state index in [1.165, 1.54) is 7.11 Å². The lowest BCUT2D eigenvalue weighted by atomic mass is 10.2. The molecule has 2 heterocycles. The molecule has 1 N–H and O–H groups in total. The van der Waals surface area contributed by atoms with Crippen molar-refractivity contribution in [2.45, 2.75) is 6.54 Å². The molecule has 0 saturated carbocycles. The van der Waals surface area contributed by atoms with Gasteiger partial charge < -0.3 is 10.1 Å². The lowest BCUT2D eigenvalue weighted by Crippen LogP contribution is -2.09. The van der Waals surface area contributed by atoms with Gasteiger partial charge in [-0.25, -0.2) is 9.78 Å². The molecule has 0 bridgehead atoms. The molecule has 0 aliphatic rings. The van der Waals surface area contributed by atoms with Crippen molar-refractivity contribution in [1.82, 2.24) is 9.97 Å². The summed E-state index contributed by atoms with van der Waals surface area (Å²) in [5.41, 5.74) is 1.49. The van der Waals surface area contributed by atoms with Crippen LogP contribution in [0, 0.1) is 0 Å². The monoisotopic (exact) mass is 243 g/mol. The highest BCUT2D eigenvalue weighted by molar-refractivity contribution is 5.94. The van der Waals surface area contributed by atoms with Gasteiger partial charge in [-0.05, 0) is 29.8 Å². The maximum Gasteiger partial charge on any atom is 0.341 e. The van der Waals surface area contributed by atoms with Gasteiger partial charge >= 0.3 is 5.97 Å². The molecule has 2 aromatic rings. The summed E-state index contributed by atoms with van der Waals surface area (Å²) in [5, 5.41) is 3.11. The second-order valence-corrected chi connectivity index (χ2v) is 3.60. The van der Waals surface area contributed by atoms with E-state index < -0.39 is 5.97 Å². The molecular weight excluding hydrogens is 230 g/mol. The SMILES string of the molecule is COC(=O)c1cccnc1NCc1ccncc1. The molecule has 2 aromatic heterocycles. The van der Waals surface area contributed by atoms with Crippen molar-refractivity contribution < 1.29 is 9.53 Å². The molecule has 0 unspecified atom stereocenters. The van der Waals surface area contributed by atoms with Gasteiger partial charge in [0.05, 0.1) is 7.11 Å². The average Bonchev–Trinajstić information content (AvgIpc) is 2.45. The van der Waals surface area contributed by atoms with E-state index in [1.807, 2.05) is 12.1 Å². The molecule has 0 aromatic carbocycles. The first kappa shape index (κ1) is 12.0. The first-order chi connectivity index (χ1) is 8.81. The van der Waals surface area contributed by atoms with E-state index in [2.05, 4.69) is 15.3 Å². The van der Waals surface area contributed by atoms with Crippen LogP contribution in [-0.4, -0.2) is 23.0 Å². The molecule has 5 nitrogen and oxygen atoms in total. The number of hydrogen-bond donors (Lipinski definition) is 1. The Labute approximate surface area is 105 Å². The molecule has 0 spiro atoms. The Morgan fingerprint density at radius 1 is 1.28 bits per heavy atom. The van der Waals surface area contributed by atoms with Crippen molar-refractivity contribution in [3.8, 4) is 0 Å². The van der Waals surface area contributed by atoms with E-state index in [9.17, 15) is 4.79 Å². The summed E-state index contributed by atoms with van der Waals surface area (Å²) >= 11 is 0. The number of ether oxygens (including phenoxy) is 1. The number of nitrogens with zero attached hydrogens (tertiary/aromatic N) is 2. The van der Waals surface area contributed by atoms with Crippen molar-refractivity contribution in [3.63, 3.8) is 0 Å². The summed E-state index contributed by atoms with van der Waals surface area (Å²) in [6.45, 7) is 0.573. The zero-order valence-electron chi connectivity index (χ0n) is 9.96. The quantitative estimate of drug-likeness (QED) is 0.830. The number of rotatable bonds is 4. The van der Waals surface area contributed by atoms with Gasteiger partial charge in [-0.2, -0.15) is 0 Å². The number of methoxy groups -OCH3 is 1. The minimum atomic E-state index is -0.402.